The predicted molar refractivity (Wildman–Crippen MR) is 140 cm³/mol. The number of pyridine rings is 1. The minimum absolute atomic E-state index is 0.0513. The molecule has 0 bridgehead atoms. The largest absolute Gasteiger partial charge is 0.481 e. The number of fused-ring (bicyclic) bond motifs is 3. The number of likely N-dealkylation sites (tertiary alicyclic amines) is 1. The summed E-state index contributed by atoms with van der Waals surface area (Å²) in [4.78, 5) is 37.2. The second-order valence-corrected chi connectivity index (χ2v) is 11.4. The van der Waals surface area contributed by atoms with Gasteiger partial charge in [-0.2, -0.15) is 0 Å². The highest BCUT2D eigenvalue weighted by molar-refractivity contribution is 6.04. The smallest absolute Gasteiger partial charge is 0.306 e. The Morgan fingerprint density at radius 2 is 1.86 bits per heavy atom. The van der Waals surface area contributed by atoms with Gasteiger partial charge in [-0.05, 0) is 68.5 Å². The van der Waals surface area contributed by atoms with Crippen molar-refractivity contribution in [3.8, 4) is 0 Å². The Hall–Kier alpha value is -2.88. The van der Waals surface area contributed by atoms with Gasteiger partial charge in [0.2, 0.25) is 0 Å². The van der Waals surface area contributed by atoms with Crippen molar-refractivity contribution >= 4 is 27.8 Å². The van der Waals surface area contributed by atoms with Crippen molar-refractivity contribution in [1.29, 1.82) is 0 Å². The monoisotopic (exact) mass is 505 g/mol. The number of carboxylic acid groups (broad SMARTS) is 1. The van der Waals surface area contributed by atoms with E-state index < -0.39 is 17.6 Å². The SMILES string of the molecule is CN1CCC(C(=O)O)C(CC2CC2)C1(N)c1ccc2c(c1)c(=O)n(C1CCC(O)CC1)c1ncncc21. The summed E-state index contributed by atoms with van der Waals surface area (Å²) < 4.78 is 1.78. The molecule has 2 saturated carbocycles. The Bertz CT molecular complexity index is 1410. The Morgan fingerprint density at radius 3 is 2.57 bits per heavy atom. The van der Waals surface area contributed by atoms with Crippen molar-refractivity contribution in [2.75, 3.05) is 13.6 Å². The Kier molecular flexibility index (Phi) is 6.05. The molecule has 1 aliphatic heterocycles. The van der Waals surface area contributed by atoms with E-state index in [0.29, 0.717) is 55.6 Å². The first kappa shape index (κ1) is 24.5. The molecule has 2 aliphatic carbocycles. The third kappa shape index (κ3) is 4.04. The predicted octanol–water partition coefficient (Wildman–Crippen LogP) is 2.98. The molecular weight excluding hydrogens is 470 g/mol. The molecule has 6 rings (SSSR count). The fourth-order valence-corrected chi connectivity index (χ4v) is 6.89. The number of aliphatic carboxylic acids is 1. The van der Waals surface area contributed by atoms with Crippen LogP contribution < -0.4 is 11.3 Å². The molecule has 2 aromatic heterocycles. The molecule has 3 fully saturated rings. The van der Waals surface area contributed by atoms with Crippen LogP contribution in [0.3, 0.4) is 0 Å². The van der Waals surface area contributed by atoms with Crippen molar-refractivity contribution in [3.63, 3.8) is 0 Å². The van der Waals surface area contributed by atoms with Crippen molar-refractivity contribution in [2.45, 2.75) is 69.2 Å². The molecule has 0 radical (unpaired) electrons. The number of aromatic nitrogens is 3. The minimum atomic E-state index is -0.994. The van der Waals surface area contributed by atoms with Gasteiger partial charge in [-0.15, -0.1) is 0 Å². The summed E-state index contributed by atoms with van der Waals surface area (Å²) in [6, 6.07) is 5.72. The van der Waals surface area contributed by atoms with Crippen LogP contribution in [0.15, 0.2) is 35.5 Å². The van der Waals surface area contributed by atoms with Crippen LogP contribution in [0.4, 0.5) is 0 Å². The quantitative estimate of drug-likeness (QED) is 0.451. The zero-order chi connectivity index (χ0) is 25.9. The molecule has 4 N–H and O–H groups in total. The lowest BCUT2D eigenvalue weighted by Crippen LogP contribution is -2.63. The summed E-state index contributed by atoms with van der Waals surface area (Å²) in [5.74, 6) is -1.05. The van der Waals surface area contributed by atoms with Gasteiger partial charge in [0.05, 0.1) is 17.7 Å². The van der Waals surface area contributed by atoms with E-state index in [1.165, 1.54) is 6.33 Å². The third-order valence-electron chi connectivity index (χ3n) is 9.23. The maximum Gasteiger partial charge on any atom is 0.306 e. The summed E-state index contributed by atoms with van der Waals surface area (Å²) in [5, 5.41) is 22.2. The van der Waals surface area contributed by atoms with E-state index in [2.05, 4.69) is 14.9 Å². The lowest BCUT2D eigenvalue weighted by molar-refractivity contribution is -0.151. The number of rotatable bonds is 5. The van der Waals surface area contributed by atoms with Gasteiger partial charge >= 0.3 is 5.97 Å². The number of aliphatic hydroxyl groups is 1. The van der Waals surface area contributed by atoms with Crippen LogP contribution in [0, 0.1) is 17.8 Å². The summed E-state index contributed by atoms with van der Waals surface area (Å²) >= 11 is 0. The number of carboxylic acids is 1. The second-order valence-electron chi connectivity index (χ2n) is 11.4. The Labute approximate surface area is 215 Å². The van der Waals surface area contributed by atoms with Crippen molar-refractivity contribution in [2.24, 2.45) is 23.5 Å². The fraction of sp³-hybridized carbons (Fsp3) is 0.571. The van der Waals surface area contributed by atoms with Crippen LogP contribution in [0.1, 0.15) is 63.0 Å². The van der Waals surface area contributed by atoms with Gasteiger partial charge in [-0.1, -0.05) is 25.0 Å². The molecule has 3 aliphatic rings. The molecule has 3 unspecified atom stereocenters. The van der Waals surface area contributed by atoms with E-state index in [0.717, 1.165) is 35.6 Å². The molecule has 3 aromatic rings. The molecule has 196 valence electrons. The first-order valence-electron chi connectivity index (χ1n) is 13.5. The van der Waals surface area contributed by atoms with E-state index in [1.807, 2.05) is 25.2 Å². The molecule has 3 atom stereocenters. The normalized spacial score (nSPS) is 31.1. The topological polar surface area (TPSA) is 135 Å². The molecule has 3 heterocycles. The molecule has 37 heavy (non-hydrogen) atoms. The van der Waals surface area contributed by atoms with Crippen LogP contribution in [0.2, 0.25) is 0 Å². The van der Waals surface area contributed by atoms with E-state index in [-0.39, 0.29) is 23.6 Å². The van der Waals surface area contributed by atoms with Crippen LogP contribution in [0.5, 0.6) is 0 Å². The summed E-state index contributed by atoms with van der Waals surface area (Å²) in [5.41, 5.74) is 7.49. The number of hydrogen-bond acceptors (Lipinski definition) is 7. The van der Waals surface area contributed by atoms with E-state index >= 15 is 0 Å². The highest BCUT2D eigenvalue weighted by atomic mass is 16.4. The van der Waals surface area contributed by atoms with Gasteiger partial charge in [-0.3, -0.25) is 19.1 Å². The lowest BCUT2D eigenvalue weighted by atomic mass is 9.70. The summed E-state index contributed by atoms with van der Waals surface area (Å²) in [7, 11) is 1.96. The maximum absolute atomic E-state index is 14.1. The molecular formula is C28H35N5O4. The van der Waals surface area contributed by atoms with Crippen LogP contribution in [-0.2, 0) is 10.5 Å². The zero-order valence-electron chi connectivity index (χ0n) is 21.2. The van der Waals surface area contributed by atoms with Gasteiger partial charge in [0.25, 0.3) is 5.56 Å². The van der Waals surface area contributed by atoms with Crippen LogP contribution >= 0.6 is 0 Å². The van der Waals surface area contributed by atoms with Crippen molar-refractivity contribution in [3.05, 3.63) is 46.6 Å². The Morgan fingerprint density at radius 1 is 1.11 bits per heavy atom. The number of benzene rings is 1. The minimum Gasteiger partial charge on any atom is -0.481 e. The molecule has 1 aromatic carbocycles. The van der Waals surface area contributed by atoms with E-state index in [9.17, 15) is 19.8 Å². The number of hydrogen-bond donors (Lipinski definition) is 3. The zero-order valence-corrected chi connectivity index (χ0v) is 21.2. The van der Waals surface area contributed by atoms with Gasteiger partial charge in [0, 0.05) is 35.5 Å². The molecule has 9 heteroatoms. The van der Waals surface area contributed by atoms with Gasteiger partial charge < -0.3 is 15.9 Å². The van der Waals surface area contributed by atoms with E-state index in [4.69, 9.17) is 5.73 Å². The molecule has 9 nitrogen and oxygen atoms in total. The number of aliphatic hydroxyl groups excluding tert-OH is 1. The fourth-order valence-electron chi connectivity index (χ4n) is 6.89. The lowest BCUT2D eigenvalue weighted by Gasteiger charge is -2.51. The van der Waals surface area contributed by atoms with Crippen LogP contribution in [0.25, 0.3) is 21.8 Å². The number of nitrogens with two attached hydrogens (primary N) is 1. The molecule has 0 amide bonds. The maximum atomic E-state index is 14.1. The number of carbonyl (C=O) groups is 1. The summed E-state index contributed by atoms with van der Waals surface area (Å²) in [6.07, 6.45) is 9.18. The Balaban J connectivity index is 1.54. The van der Waals surface area contributed by atoms with Gasteiger partial charge in [0.1, 0.15) is 12.0 Å². The second kappa shape index (κ2) is 9.15. The average Bonchev–Trinajstić information content (AvgIpc) is 3.72. The number of piperidine rings is 1. The number of nitrogens with zero attached hydrogens (tertiary/aromatic N) is 4. The highest BCUT2D eigenvalue weighted by Gasteiger charge is 2.51. The van der Waals surface area contributed by atoms with Gasteiger partial charge in [-0.25, -0.2) is 9.97 Å². The van der Waals surface area contributed by atoms with Crippen LogP contribution in [-0.4, -0.2) is 55.3 Å². The van der Waals surface area contributed by atoms with Crippen molar-refractivity contribution < 1.29 is 15.0 Å². The average molecular weight is 506 g/mol. The summed E-state index contributed by atoms with van der Waals surface area (Å²) in [6.45, 7) is 0.576. The van der Waals surface area contributed by atoms with Gasteiger partial charge in [0.15, 0.2) is 0 Å². The molecule has 0 spiro atoms. The van der Waals surface area contributed by atoms with Crippen molar-refractivity contribution in [1.82, 2.24) is 19.4 Å². The molecule has 1 saturated heterocycles. The van der Waals surface area contributed by atoms with E-state index in [1.54, 1.807) is 10.8 Å². The third-order valence-corrected chi connectivity index (χ3v) is 9.23. The first-order valence-corrected chi connectivity index (χ1v) is 13.5. The highest BCUT2D eigenvalue weighted by Crippen LogP contribution is 2.48. The standard InChI is InChI=1S/C28H35N5O4/c1-32-11-10-21(27(36)37)24(12-16-2-3-16)28(32,29)17-4-9-20-22(13-17)26(35)33(18-5-7-19(34)8-6-18)25-23(20)14-30-15-31-25/h4,9,13-16,18-19,21,24,34H,2-3,5-8,10-12,29H2,1H3,(H,36,37). The first-order chi connectivity index (χ1) is 17.8.